The molecule has 146 valence electrons. The second-order valence-electron chi connectivity index (χ2n) is 9.02. The van der Waals surface area contributed by atoms with E-state index >= 15 is 0 Å². The van der Waals surface area contributed by atoms with Crippen molar-refractivity contribution in [1.29, 1.82) is 0 Å². The molecule has 2 aromatic carbocycles. The molecule has 2 bridgehead atoms. The highest BCUT2D eigenvalue weighted by Gasteiger charge is 2.40. The van der Waals surface area contributed by atoms with E-state index < -0.39 is 0 Å². The molecule has 0 spiro atoms. The monoisotopic (exact) mass is 394 g/mol. The maximum absolute atomic E-state index is 5.78. The van der Waals surface area contributed by atoms with Crippen LogP contribution in [0, 0.1) is 0 Å². The van der Waals surface area contributed by atoms with Crippen molar-refractivity contribution in [3.8, 4) is 22.6 Å². The molecule has 0 radical (unpaired) electrons. The van der Waals surface area contributed by atoms with Crippen LogP contribution in [0.1, 0.15) is 56.7 Å². The van der Waals surface area contributed by atoms with Gasteiger partial charge in [-0.05, 0) is 92.2 Å². The van der Waals surface area contributed by atoms with E-state index in [4.69, 9.17) is 21.7 Å². The Hall–Kier alpha value is -2.27. The fourth-order valence-corrected chi connectivity index (χ4v) is 5.19. The van der Waals surface area contributed by atoms with E-state index in [9.17, 15) is 0 Å². The van der Waals surface area contributed by atoms with E-state index in [1.54, 1.807) is 0 Å². The highest BCUT2D eigenvalue weighted by Crippen LogP contribution is 2.50. The fraction of sp³-hybridized carbons (Fsp3) is 0.435. The molecule has 2 atom stereocenters. The Morgan fingerprint density at radius 2 is 1.79 bits per heavy atom. The molecule has 1 N–H and O–H groups in total. The number of nitrogens with one attached hydrogen (secondary N) is 1. The number of hydrogen-bond donors (Lipinski definition) is 1. The standard InChI is InChI=1S/C23H26N2O2S/c1-23(2,3)24-22(28)25-9-8-16-11-19(25)18-10-14(4-6-17(16)18)15-5-7-20-21(12-15)27-13-26-20/h4-7,10,12,16,19H,8-9,11,13H2,1-3H3,(H,24,28)/t16-,19?/m1/s1. The molecule has 5 rings (SSSR count). The molecule has 3 aliphatic rings. The van der Waals surface area contributed by atoms with Gasteiger partial charge in [0.1, 0.15) is 0 Å². The van der Waals surface area contributed by atoms with Gasteiger partial charge in [-0.1, -0.05) is 18.2 Å². The lowest BCUT2D eigenvalue weighted by Gasteiger charge is -2.38. The van der Waals surface area contributed by atoms with Crippen LogP contribution < -0.4 is 14.8 Å². The summed E-state index contributed by atoms with van der Waals surface area (Å²) in [5, 5.41) is 4.38. The number of thiocarbonyl (C=S) groups is 1. The van der Waals surface area contributed by atoms with Gasteiger partial charge in [0.05, 0.1) is 6.04 Å². The van der Waals surface area contributed by atoms with Crippen LogP contribution in [0.15, 0.2) is 36.4 Å². The van der Waals surface area contributed by atoms with Crippen molar-refractivity contribution >= 4 is 17.3 Å². The van der Waals surface area contributed by atoms with Crippen LogP contribution in [0.25, 0.3) is 11.1 Å². The Kier molecular flexibility index (Phi) is 4.05. The SMILES string of the molecule is CC(C)(C)NC(=S)N1CC[C@@H]2CC1c1cc(-c3ccc4c(c3)OCO4)ccc12. The zero-order valence-electron chi connectivity index (χ0n) is 16.6. The van der Waals surface area contributed by atoms with Crippen molar-refractivity contribution < 1.29 is 9.47 Å². The molecule has 2 aromatic rings. The highest BCUT2D eigenvalue weighted by atomic mass is 32.1. The number of ether oxygens (including phenoxy) is 2. The normalized spacial score (nSPS) is 22.2. The lowest BCUT2D eigenvalue weighted by Crippen LogP contribution is -2.50. The van der Waals surface area contributed by atoms with E-state index in [1.807, 2.05) is 6.07 Å². The summed E-state index contributed by atoms with van der Waals surface area (Å²) in [6, 6.07) is 13.5. The van der Waals surface area contributed by atoms with Gasteiger partial charge < -0.3 is 19.7 Å². The number of likely N-dealkylation sites (tertiary alicyclic amines) is 1. The fourth-order valence-electron chi connectivity index (χ4n) is 4.67. The summed E-state index contributed by atoms with van der Waals surface area (Å²) in [5.41, 5.74) is 5.28. The van der Waals surface area contributed by atoms with Crippen LogP contribution in [-0.2, 0) is 0 Å². The summed E-state index contributed by atoms with van der Waals surface area (Å²) in [4.78, 5) is 2.40. The molecule has 1 unspecified atom stereocenters. The topological polar surface area (TPSA) is 33.7 Å². The number of hydrogen-bond acceptors (Lipinski definition) is 3. The van der Waals surface area contributed by atoms with Crippen LogP contribution in [0.3, 0.4) is 0 Å². The van der Waals surface area contributed by atoms with Crippen molar-refractivity contribution in [2.75, 3.05) is 13.3 Å². The quantitative estimate of drug-likeness (QED) is 0.689. The van der Waals surface area contributed by atoms with Crippen LogP contribution in [-0.4, -0.2) is 28.9 Å². The Labute approximate surface area is 171 Å². The van der Waals surface area contributed by atoms with Gasteiger partial charge in [0.2, 0.25) is 6.79 Å². The second kappa shape index (κ2) is 6.38. The molecule has 2 heterocycles. The van der Waals surface area contributed by atoms with E-state index in [1.165, 1.54) is 23.1 Å². The second-order valence-corrected chi connectivity index (χ2v) is 9.41. The van der Waals surface area contributed by atoms with Gasteiger partial charge in [-0.25, -0.2) is 0 Å². The van der Waals surface area contributed by atoms with Gasteiger partial charge in [-0.2, -0.15) is 0 Å². The minimum atomic E-state index is -0.0241. The zero-order valence-corrected chi connectivity index (χ0v) is 17.4. The van der Waals surface area contributed by atoms with Gasteiger partial charge in [0.25, 0.3) is 0 Å². The third kappa shape index (κ3) is 3.02. The average Bonchev–Trinajstić information content (AvgIpc) is 3.23. The number of fused-ring (bicyclic) bond motifs is 6. The molecule has 1 fully saturated rings. The Morgan fingerprint density at radius 3 is 2.61 bits per heavy atom. The Balaban J connectivity index is 1.48. The van der Waals surface area contributed by atoms with Crippen molar-refractivity contribution in [3.63, 3.8) is 0 Å². The largest absolute Gasteiger partial charge is 0.454 e. The van der Waals surface area contributed by atoms with E-state index in [0.29, 0.717) is 18.8 Å². The van der Waals surface area contributed by atoms with E-state index in [0.717, 1.165) is 35.1 Å². The van der Waals surface area contributed by atoms with Gasteiger partial charge >= 0.3 is 0 Å². The van der Waals surface area contributed by atoms with Gasteiger partial charge in [-0.3, -0.25) is 0 Å². The summed E-state index contributed by atoms with van der Waals surface area (Å²) in [6.07, 6.45) is 2.32. The summed E-state index contributed by atoms with van der Waals surface area (Å²) in [5.74, 6) is 2.30. The molecular weight excluding hydrogens is 368 g/mol. The first-order valence-electron chi connectivity index (χ1n) is 10.0. The predicted molar refractivity (Wildman–Crippen MR) is 115 cm³/mol. The zero-order chi connectivity index (χ0) is 19.5. The van der Waals surface area contributed by atoms with Crippen molar-refractivity contribution in [3.05, 3.63) is 47.5 Å². The first-order valence-corrected chi connectivity index (χ1v) is 10.4. The molecule has 28 heavy (non-hydrogen) atoms. The molecule has 1 saturated heterocycles. The van der Waals surface area contributed by atoms with Crippen molar-refractivity contribution in [2.24, 2.45) is 0 Å². The third-order valence-electron chi connectivity index (χ3n) is 5.94. The van der Waals surface area contributed by atoms with Crippen molar-refractivity contribution in [1.82, 2.24) is 10.2 Å². The van der Waals surface area contributed by atoms with Crippen LogP contribution >= 0.6 is 12.2 Å². The van der Waals surface area contributed by atoms with Crippen LogP contribution in [0.2, 0.25) is 0 Å². The third-order valence-corrected chi connectivity index (χ3v) is 6.27. The lowest BCUT2D eigenvalue weighted by atomic mass is 9.95. The molecule has 2 aliphatic heterocycles. The van der Waals surface area contributed by atoms with Crippen molar-refractivity contribution in [2.45, 2.75) is 51.1 Å². The summed E-state index contributed by atoms with van der Waals surface area (Å²) >= 11 is 5.78. The lowest BCUT2D eigenvalue weighted by molar-refractivity contribution is 0.174. The first kappa shape index (κ1) is 17.8. The van der Waals surface area contributed by atoms with Gasteiger partial charge in [-0.15, -0.1) is 0 Å². The van der Waals surface area contributed by atoms with Crippen LogP contribution in [0.4, 0.5) is 0 Å². The summed E-state index contributed by atoms with van der Waals surface area (Å²) in [6.45, 7) is 7.80. The van der Waals surface area contributed by atoms with Crippen LogP contribution in [0.5, 0.6) is 11.5 Å². The summed E-state index contributed by atoms with van der Waals surface area (Å²) in [7, 11) is 0. The molecule has 5 heteroatoms. The first-order chi connectivity index (χ1) is 13.4. The van der Waals surface area contributed by atoms with Gasteiger partial charge in [0.15, 0.2) is 16.6 Å². The molecule has 0 aromatic heterocycles. The summed E-state index contributed by atoms with van der Waals surface area (Å²) < 4.78 is 11.0. The molecule has 1 aliphatic carbocycles. The number of benzene rings is 2. The number of piperidine rings is 1. The number of rotatable bonds is 1. The number of nitrogens with zero attached hydrogens (tertiary/aromatic N) is 1. The molecule has 0 saturated carbocycles. The maximum Gasteiger partial charge on any atom is 0.231 e. The predicted octanol–water partition coefficient (Wildman–Crippen LogP) is 4.99. The minimum Gasteiger partial charge on any atom is -0.454 e. The Morgan fingerprint density at radius 1 is 1.04 bits per heavy atom. The van der Waals surface area contributed by atoms with E-state index in [2.05, 4.69) is 61.3 Å². The van der Waals surface area contributed by atoms with Gasteiger partial charge in [0, 0.05) is 12.1 Å². The molecular formula is C23H26N2O2S. The minimum absolute atomic E-state index is 0.0241. The Bertz CT molecular complexity index is 950. The maximum atomic E-state index is 5.78. The van der Waals surface area contributed by atoms with E-state index in [-0.39, 0.29) is 5.54 Å². The highest BCUT2D eigenvalue weighted by molar-refractivity contribution is 7.80. The molecule has 0 amide bonds. The smallest absolute Gasteiger partial charge is 0.231 e. The molecule has 4 nitrogen and oxygen atoms in total. The average molecular weight is 395 g/mol.